The molecule has 1 heterocycles. The first-order valence-electron chi connectivity index (χ1n) is 4.85. The van der Waals surface area contributed by atoms with Crippen molar-refractivity contribution >= 4 is 11.9 Å². The smallest absolute Gasteiger partial charge is 0.322 e. The highest BCUT2D eigenvalue weighted by Gasteiger charge is 2.18. The van der Waals surface area contributed by atoms with E-state index < -0.39 is 0 Å². The highest BCUT2D eigenvalue weighted by Crippen LogP contribution is 2.22. The summed E-state index contributed by atoms with van der Waals surface area (Å²) in [4.78, 5) is 12.0. The van der Waals surface area contributed by atoms with E-state index in [-0.39, 0.29) is 6.01 Å². The molecule has 1 aromatic heterocycles. The summed E-state index contributed by atoms with van der Waals surface area (Å²) >= 11 is 0. The molecule has 15 heavy (non-hydrogen) atoms. The van der Waals surface area contributed by atoms with E-state index in [0.29, 0.717) is 17.9 Å². The van der Waals surface area contributed by atoms with Crippen molar-refractivity contribution in [1.82, 2.24) is 15.0 Å². The molecule has 4 N–H and O–H groups in total. The third kappa shape index (κ3) is 2.24. The van der Waals surface area contributed by atoms with E-state index in [1.54, 1.807) is 0 Å². The SMILES string of the molecule is COc1nc(NN)nc(NC2CCC2)n1. The first-order chi connectivity index (χ1) is 7.31. The fourth-order valence-corrected chi connectivity index (χ4v) is 1.31. The summed E-state index contributed by atoms with van der Waals surface area (Å²) in [5.41, 5.74) is 2.37. The summed E-state index contributed by atoms with van der Waals surface area (Å²) in [5, 5.41) is 3.19. The lowest BCUT2D eigenvalue weighted by Gasteiger charge is -2.26. The van der Waals surface area contributed by atoms with Gasteiger partial charge < -0.3 is 10.1 Å². The van der Waals surface area contributed by atoms with Crippen molar-refractivity contribution in [2.75, 3.05) is 17.9 Å². The standard InChI is InChI=1S/C8H14N6O/c1-15-8-12-6(10-5-3-2-4-5)11-7(13-8)14-9/h5H,2-4,9H2,1H3,(H2,10,11,12,13,14). The van der Waals surface area contributed by atoms with Crippen LogP contribution in [0.1, 0.15) is 19.3 Å². The van der Waals surface area contributed by atoms with Gasteiger partial charge in [-0.05, 0) is 19.3 Å². The second-order valence-electron chi connectivity index (χ2n) is 3.39. The van der Waals surface area contributed by atoms with Gasteiger partial charge in [0.25, 0.3) is 0 Å². The Morgan fingerprint density at radius 3 is 2.53 bits per heavy atom. The summed E-state index contributed by atoms with van der Waals surface area (Å²) in [7, 11) is 1.50. The Kier molecular flexibility index (Phi) is 2.82. The average Bonchev–Trinajstić information content (AvgIpc) is 2.23. The van der Waals surface area contributed by atoms with Crippen molar-refractivity contribution in [2.24, 2.45) is 5.84 Å². The van der Waals surface area contributed by atoms with Crippen LogP contribution < -0.4 is 21.3 Å². The third-order valence-corrected chi connectivity index (χ3v) is 2.36. The lowest BCUT2D eigenvalue weighted by molar-refractivity contribution is 0.378. The molecule has 0 bridgehead atoms. The highest BCUT2D eigenvalue weighted by atomic mass is 16.5. The van der Waals surface area contributed by atoms with Gasteiger partial charge in [0, 0.05) is 6.04 Å². The van der Waals surface area contributed by atoms with Gasteiger partial charge in [-0.2, -0.15) is 15.0 Å². The monoisotopic (exact) mass is 210 g/mol. The molecule has 1 saturated carbocycles. The molecule has 7 nitrogen and oxygen atoms in total. The van der Waals surface area contributed by atoms with E-state index in [9.17, 15) is 0 Å². The van der Waals surface area contributed by atoms with Crippen molar-refractivity contribution in [3.05, 3.63) is 0 Å². The molecule has 1 fully saturated rings. The molecule has 0 atom stereocenters. The van der Waals surface area contributed by atoms with E-state index in [1.165, 1.54) is 13.5 Å². The van der Waals surface area contributed by atoms with Crippen LogP contribution in [0.4, 0.5) is 11.9 Å². The topological polar surface area (TPSA) is 98.0 Å². The van der Waals surface area contributed by atoms with Gasteiger partial charge in [0.15, 0.2) is 0 Å². The quantitative estimate of drug-likeness (QED) is 0.480. The second kappa shape index (κ2) is 4.26. The minimum atomic E-state index is 0.250. The van der Waals surface area contributed by atoms with Gasteiger partial charge in [-0.1, -0.05) is 0 Å². The number of nitrogens with one attached hydrogen (secondary N) is 2. The van der Waals surface area contributed by atoms with Gasteiger partial charge in [0.1, 0.15) is 0 Å². The third-order valence-electron chi connectivity index (χ3n) is 2.36. The number of hydrogen-bond donors (Lipinski definition) is 3. The average molecular weight is 210 g/mol. The number of anilines is 2. The first-order valence-corrected chi connectivity index (χ1v) is 4.85. The largest absolute Gasteiger partial charge is 0.467 e. The van der Waals surface area contributed by atoms with Crippen molar-refractivity contribution in [3.63, 3.8) is 0 Å². The molecule has 0 aliphatic heterocycles. The Bertz CT molecular complexity index is 318. The number of hydrogen-bond acceptors (Lipinski definition) is 7. The summed E-state index contributed by atoms with van der Waals surface area (Å²) in [6.45, 7) is 0. The van der Waals surface area contributed by atoms with Crippen LogP contribution in [0.3, 0.4) is 0 Å². The lowest BCUT2D eigenvalue weighted by atomic mass is 9.93. The van der Waals surface area contributed by atoms with E-state index >= 15 is 0 Å². The number of nitrogen functional groups attached to an aromatic ring is 1. The maximum Gasteiger partial charge on any atom is 0.322 e. The number of nitrogens with two attached hydrogens (primary N) is 1. The minimum Gasteiger partial charge on any atom is -0.467 e. The predicted octanol–water partition coefficient (Wildman–Crippen LogP) is 0.130. The van der Waals surface area contributed by atoms with Crippen LogP contribution in [0.25, 0.3) is 0 Å². The molecule has 82 valence electrons. The molecule has 0 spiro atoms. The molecule has 0 saturated heterocycles. The van der Waals surface area contributed by atoms with Crippen LogP contribution in [-0.2, 0) is 0 Å². The predicted molar refractivity (Wildman–Crippen MR) is 55.5 cm³/mol. The van der Waals surface area contributed by atoms with Gasteiger partial charge in [0.2, 0.25) is 11.9 Å². The van der Waals surface area contributed by atoms with Gasteiger partial charge >= 0.3 is 6.01 Å². The number of aromatic nitrogens is 3. The van der Waals surface area contributed by atoms with Gasteiger partial charge in [-0.25, -0.2) is 5.84 Å². The number of nitrogens with zero attached hydrogens (tertiary/aromatic N) is 3. The highest BCUT2D eigenvalue weighted by molar-refractivity contribution is 5.36. The number of methoxy groups -OCH3 is 1. The van der Waals surface area contributed by atoms with Crippen molar-refractivity contribution < 1.29 is 4.74 Å². The van der Waals surface area contributed by atoms with Crippen LogP contribution in [-0.4, -0.2) is 28.1 Å². The Hall–Kier alpha value is -1.63. The summed E-state index contributed by atoms with van der Waals surface area (Å²) in [6, 6.07) is 0.711. The van der Waals surface area contributed by atoms with E-state index in [2.05, 4.69) is 25.7 Å². The number of rotatable bonds is 4. The summed E-state index contributed by atoms with van der Waals surface area (Å²) in [5.74, 6) is 6.03. The number of hydrazine groups is 1. The van der Waals surface area contributed by atoms with Gasteiger partial charge in [0.05, 0.1) is 7.11 Å². The van der Waals surface area contributed by atoms with Crippen LogP contribution in [0.5, 0.6) is 6.01 Å². The van der Waals surface area contributed by atoms with E-state index in [0.717, 1.165) is 12.8 Å². The zero-order valence-electron chi connectivity index (χ0n) is 8.53. The van der Waals surface area contributed by atoms with Crippen LogP contribution in [0.15, 0.2) is 0 Å². The lowest BCUT2D eigenvalue weighted by Crippen LogP contribution is -2.28. The minimum absolute atomic E-state index is 0.250. The fourth-order valence-electron chi connectivity index (χ4n) is 1.31. The van der Waals surface area contributed by atoms with Crippen molar-refractivity contribution in [3.8, 4) is 6.01 Å². The molecule has 1 aliphatic carbocycles. The molecule has 0 radical (unpaired) electrons. The molecule has 0 amide bonds. The molecule has 7 heteroatoms. The Balaban J connectivity index is 2.13. The molecule has 0 aromatic carbocycles. The Morgan fingerprint density at radius 1 is 1.27 bits per heavy atom. The number of ether oxygens (including phenoxy) is 1. The Labute approximate surface area is 87.4 Å². The van der Waals surface area contributed by atoms with Crippen molar-refractivity contribution in [1.29, 1.82) is 0 Å². The summed E-state index contributed by atoms with van der Waals surface area (Å²) in [6.07, 6.45) is 3.56. The van der Waals surface area contributed by atoms with Crippen molar-refractivity contribution in [2.45, 2.75) is 25.3 Å². The molecule has 1 aromatic rings. The van der Waals surface area contributed by atoms with Crippen LogP contribution >= 0.6 is 0 Å². The normalized spacial score (nSPS) is 15.6. The fraction of sp³-hybridized carbons (Fsp3) is 0.625. The molecule has 2 rings (SSSR count). The Morgan fingerprint density at radius 2 is 2.00 bits per heavy atom. The van der Waals surface area contributed by atoms with Crippen LogP contribution in [0.2, 0.25) is 0 Å². The second-order valence-corrected chi connectivity index (χ2v) is 3.39. The first kappa shape index (κ1) is 9.91. The van der Waals surface area contributed by atoms with Gasteiger partial charge in [-0.15, -0.1) is 0 Å². The van der Waals surface area contributed by atoms with Gasteiger partial charge in [-0.3, -0.25) is 5.43 Å². The molecule has 0 unspecified atom stereocenters. The molecular formula is C8H14N6O. The summed E-state index contributed by atoms with van der Waals surface area (Å²) < 4.78 is 4.93. The zero-order chi connectivity index (χ0) is 10.7. The maximum absolute atomic E-state index is 5.23. The zero-order valence-corrected chi connectivity index (χ0v) is 8.53. The van der Waals surface area contributed by atoms with E-state index in [1.807, 2.05) is 0 Å². The molecular weight excluding hydrogens is 196 g/mol. The van der Waals surface area contributed by atoms with Crippen LogP contribution in [0, 0.1) is 0 Å². The molecule has 1 aliphatic rings. The van der Waals surface area contributed by atoms with E-state index in [4.69, 9.17) is 10.6 Å². The maximum atomic E-state index is 5.23.